The topological polar surface area (TPSA) is 75.3 Å². The minimum absolute atomic E-state index is 0.0495. The fourth-order valence-corrected chi connectivity index (χ4v) is 3.11. The molecule has 2 N–H and O–H groups in total. The summed E-state index contributed by atoms with van der Waals surface area (Å²) in [6, 6.07) is -0.241. The lowest BCUT2D eigenvalue weighted by Gasteiger charge is -2.10. The Morgan fingerprint density at radius 2 is 2.27 bits per heavy atom. The normalized spacial score (nSPS) is 23.3. The highest BCUT2D eigenvalue weighted by molar-refractivity contribution is 7.91. The van der Waals surface area contributed by atoms with Gasteiger partial charge in [0.25, 0.3) is 0 Å². The number of carbonyl (C=O) groups excluding carboxylic acids is 1. The van der Waals surface area contributed by atoms with E-state index in [1.807, 2.05) is 0 Å². The van der Waals surface area contributed by atoms with E-state index in [-0.39, 0.29) is 30.0 Å². The number of hydrogen-bond acceptors (Lipinski definition) is 4. The van der Waals surface area contributed by atoms with Gasteiger partial charge in [0.15, 0.2) is 9.84 Å². The van der Waals surface area contributed by atoms with Crippen molar-refractivity contribution in [3.05, 3.63) is 0 Å². The number of hydrogen-bond donors (Lipinski definition) is 2. The Morgan fingerprint density at radius 1 is 1.53 bits per heavy atom. The zero-order valence-corrected chi connectivity index (χ0v) is 9.14. The van der Waals surface area contributed by atoms with E-state index in [4.69, 9.17) is 6.42 Å². The van der Waals surface area contributed by atoms with Gasteiger partial charge >= 0.3 is 0 Å². The van der Waals surface area contributed by atoms with Crippen LogP contribution in [0.1, 0.15) is 6.42 Å². The van der Waals surface area contributed by atoms with Crippen molar-refractivity contribution in [3.8, 4) is 12.3 Å². The van der Waals surface area contributed by atoms with Gasteiger partial charge in [0.05, 0.1) is 24.6 Å². The maximum absolute atomic E-state index is 11.2. The van der Waals surface area contributed by atoms with Crippen LogP contribution in [0.25, 0.3) is 0 Å². The van der Waals surface area contributed by atoms with Crippen LogP contribution in [-0.2, 0) is 14.6 Å². The fraction of sp³-hybridized carbons (Fsp3) is 0.667. The van der Waals surface area contributed by atoms with E-state index in [1.165, 1.54) is 0 Å². The average molecular weight is 230 g/mol. The predicted molar refractivity (Wildman–Crippen MR) is 56.9 cm³/mol. The van der Waals surface area contributed by atoms with Crippen molar-refractivity contribution < 1.29 is 13.2 Å². The number of terminal acetylenes is 1. The Balaban J connectivity index is 2.25. The van der Waals surface area contributed by atoms with Crippen molar-refractivity contribution in [2.24, 2.45) is 0 Å². The molecule has 5 nitrogen and oxygen atoms in total. The summed E-state index contributed by atoms with van der Waals surface area (Å²) >= 11 is 0. The molecule has 0 aromatic carbocycles. The van der Waals surface area contributed by atoms with E-state index in [9.17, 15) is 13.2 Å². The molecule has 0 aromatic rings. The lowest BCUT2D eigenvalue weighted by molar-refractivity contribution is -0.120. The van der Waals surface area contributed by atoms with Gasteiger partial charge in [0.1, 0.15) is 0 Å². The molecule has 0 bridgehead atoms. The van der Waals surface area contributed by atoms with Gasteiger partial charge < -0.3 is 5.32 Å². The highest BCUT2D eigenvalue weighted by atomic mass is 32.2. The Labute approximate surface area is 89.5 Å². The second kappa shape index (κ2) is 5.14. The number of carbonyl (C=O) groups is 1. The average Bonchev–Trinajstić information content (AvgIpc) is 2.46. The summed E-state index contributed by atoms with van der Waals surface area (Å²) in [7, 11) is -2.93. The summed E-state index contributed by atoms with van der Waals surface area (Å²) in [5.74, 6) is 2.34. The second-order valence-electron chi connectivity index (χ2n) is 3.48. The van der Waals surface area contributed by atoms with Crippen molar-refractivity contribution >= 4 is 15.7 Å². The molecule has 1 fully saturated rings. The lowest BCUT2D eigenvalue weighted by Crippen LogP contribution is -2.41. The molecule has 84 valence electrons. The van der Waals surface area contributed by atoms with Gasteiger partial charge in [-0.25, -0.2) is 8.42 Å². The molecule has 6 heteroatoms. The highest BCUT2D eigenvalue weighted by Crippen LogP contribution is 2.10. The minimum atomic E-state index is -2.93. The van der Waals surface area contributed by atoms with E-state index < -0.39 is 9.84 Å². The first kappa shape index (κ1) is 12.0. The van der Waals surface area contributed by atoms with Gasteiger partial charge in [-0.2, -0.15) is 0 Å². The molecule has 1 saturated heterocycles. The summed E-state index contributed by atoms with van der Waals surface area (Å²) in [5.41, 5.74) is 0. The third-order valence-electron chi connectivity index (χ3n) is 2.11. The van der Waals surface area contributed by atoms with Gasteiger partial charge in [-0.3, -0.25) is 10.1 Å². The molecule has 0 spiro atoms. The van der Waals surface area contributed by atoms with Gasteiger partial charge in [-0.05, 0) is 6.42 Å². The summed E-state index contributed by atoms with van der Waals surface area (Å²) in [6.45, 7) is 0.455. The number of sulfone groups is 1. The van der Waals surface area contributed by atoms with E-state index in [1.54, 1.807) is 0 Å². The van der Waals surface area contributed by atoms with Crippen molar-refractivity contribution in [2.45, 2.75) is 12.5 Å². The lowest BCUT2D eigenvalue weighted by atomic mass is 10.2. The zero-order chi connectivity index (χ0) is 11.3. The largest absolute Gasteiger partial charge is 0.351 e. The Bertz CT molecular complexity index is 369. The molecule has 0 aromatic heterocycles. The Morgan fingerprint density at radius 3 is 2.80 bits per heavy atom. The molecule has 1 amide bonds. The van der Waals surface area contributed by atoms with E-state index in [0.717, 1.165) is 0 Å². The molecular formula is C9H14N2O3S. The minimum Gasteiger partial charge on any atom is -0.351 e. The summed E-state index contributed by atoms with van der Waals surface area (Å²) in [4.78, 5) is 11.2. The van der Waals surface area contributed by atoms with Gasteiger partial charge in [-0.1, -0.05) is 5.92 Å². The first-order chi connectivity index (χ1) is 7.03. The molecule has 1 aliphatic heterocycles. The first-order valence-electron chi connectivity index (χ1n) is 4.67. The van der Waals surface area contributed by atoms with E-state index in [0.29, 0.717) is 13.0 Å². The molecule has 0 radical (unpaired) electrons. The third kappa shape index (κ3) is 4.32. The molecule has 1 unspecified atom stereocenters. The summed E-state index contributed by atoms with van der Waals surface area (Å²) < 4.78 is 22.2. The first-order valence-corrected chi connectivity index (χ1v) is 6.49. The van der Waals surface area contributed by atoms with Crippen LogP contribution in [0.2, 0.25) is 0 Å². The SMILES string of the molecule is C#CCNCC(=O)NC1CCS(=O)(=O)C1. The molecule has 0 saturated carbocycles. The van der Waals surface area contributed by atoms with E-state index in [2.05, 4.69) is 16.6 Å². The smallest absolute Gasteiger partial charge is 0.234 e. The summed E-state index contributed by atoms with van der Waals surface area (Å²) in [5, 5.41) is 5.38. The number of nitrogens with one attached hydrogen (secondary N) is 2. The zero-order valence-electron chi connectivity index (χ0n) is 8.32. The molecule has 0 aliphatic carbocycles. The number of rotatable bonds is 4. The molecule has 1 aliphatic rings. The molecular weight excluding hydrogens is 216 g/mol. The van der Waals surface area contributed by atoms with Crippen molar-refractivity contribution in [1.82, 2.24) is 10.6 Å². The van der Waals surface area contributed by atoms with Crippen LogP contribution in [0.3, 0.4) is 0 Å². The standard InChI is InChI=1S/C9H14N2O3S/c1-2-4-10-6-9(12)11-8-3-5-15(13,14)7-8/h1,8,10H,3-7H2,(H,11,12). The fourth-order valence-electron chi connectivity index (χ4n) is 1.44. The van der Waals surface area contributed by atoms with Crippen molar-refractivity contribution in [1.29, 1.82) is 0 Å². The molecule has 15 heavy (non-hydrogen) atoms. The molecule has 1 heterocycles. The van der Waals surface area contributed by atoms with E-state index >= 15 is 0 Å². The summed E-state index contributed by atoms with van der Waals surface area (Å²) in [6.07, 6.45) is 5.49. The maximum Gasteiger partial charge on any atom is 0.234 e. The van der Waals surface area contributed by atoms with Crippen LogP contribution in [0, 0.1) is 12.3 Å². The molecule has 1 rings (SSSR count). The van der Waals surface area contributed by atoms with Crippen LogP contribution in [0.4, 0.5) is 0 Å². The quantitative estimate of drug-likeness (QED) is 0.456. The van der Waals surface area contributed by atoms with Gasteiger partial charge in [0, 0.05) is 6.04 Å². The number of amides is 1. The van der Waals surface area contributed by atoms with Crippen LogP contribution < -0.4 is 10.6 Å². The van der Waals surface area contributed by atoms with Crippen LogP contribution in [0.5, 0.6) is 0 Å². The van der Waals surface area contributed by atoms with Crippen LogP contribution in [0.15, 0.2) is 0 Å². The maximum atomic E-state index is 11.2. The Hall–Kier alpha value is -1.06. The monoisotopic (exact) mass is 230 g/mol. The molecule has 1 atom stereocenters. The van der Waals surface area contributed by atoms with Crippen molar-refractivity contribution in [2.75, 3.05) is 24.6 Å². The van der Waals surface area contributed by atoms with Gasteiger partial charge in [0.2, 0.25) is 5.91 Å². The van der Waals surface area contributed by atoms with Crippen LogP contribution in [-0.4, -0.2) is 45.0 Å². The second-order valence-corrected chi connectivity index (χ2v) is 5.70. The van der Waals surface area contributed by atoms with Crippen LogP contribution >= 0.6 is 0 Å². The Kier molecular flexibility index (Phi) is 4.12. The highest BCUT2D eigenvalue weighted by Gasteiger charge is 2.28. The third-order valence-corrected chi connectivity index (χ3v) is 3.88. The van der Waals surface area contributed by atoms with Crippen molar-refractivity contribution in [3.63, 3.8) is 0 Å². The predicted octanol–water partition coefficient (Wildman–Crippen LogP) is -1.49. The van der Waals surface area contributed by atoms with Gasteiger partial charge in [-0.15, -0.1) is 6.42 Å².